The lowest BCUT2D eigenvalue weighted by atomic mass is 10.1. The number of esters is 2. The molecule has 3 aromatic rings. The van der Waals surface area contributed by atoms with E-state index in [1.54, 1.807) is 31.2 Å². The van der Waals surface area contributed by atoms with Gasteiger partial charge >= 0.3 is 17.5 Å². The number of pyridine rings is 2. The van der Waals surface area contributed by atoms with Crippen LogP contribution < -0.4 is 10.4 Å². The molecule has 2 heterocycles. The van der Waals surface area contributed by atoms with Crippen LogP contribution in [0, 0.1) is 0 Å². The number of nitrogens with zero attached hydrogens (tertiary/aromatic N) is 2. The molecule has 0 saturated heterocycles. The second-order valence-corrected chi connectivity index (χ2v) is 5.89. The normalized spacial score (nSPS) is 10.6. The first kappa shape index (κ1) is 19.9. The van der Waals surface area contributed by atoms with Gasteiger partial charge in [0.25, 0.3) is 0 Å². The number of benzene rings is 1. The number of hydrogen-bond acceptors (Lipinski definition) is 8. The minimum Gasteiger partial charge on any atom is -0.506 e. The molecule has 9 heteroatoms. The number of aromatic hydroxyl groups is 1. The van der Waals surface area contributed by atoms with Gasteiger partial charge in [0.1, 0.15) is 12.4 Å². The molecular formula is C20H18N2O7. The summed E-state index contributed by atoms with van der Waals surface area (Å²) < 4.78 is 10.3. The number of ether oxygens (including phenoxy) is 2. The topological polar surface area (TPSA) is 117 Å². The molecule has 150 valence electrons. The summed E-state index contributed by atoms with van der Waals surface area (Å²) in [6, 6.07) is 10.3. The Morgan fingerprint density at radius 2 is 1.90 bits per heavy atom. The van der Waals surface area contributed by atoms with Crippen molar-refractivity contribution in [2.24, 2.45) is 0 Å². The van der Waals surface area contributed by atoms with Crippen LogP contribution in [-0.2, 0) is 16.1 Å². The Balaban J connectivity index is 2.20. The smallest absolute Gasteiger partial charge is 0.347 e. The summed E-state index contributed by atoms with van der Waals surface area (Å²) in [6.07, 6.45) is 1.18. The second-order valence-electron chi connectivity index (χ2n) is 5.89. The molecule has 0 bridgehead atoms. The van der Waals surface area contributed by atoms with Crippen molar-refractivity contribution in [1.82, 2.24) is 9.71 Å². The highest BCUT2D eigenvalue weighted by atomic mass is 16.7. The van der Waals surface area contributed by atoms with E-state index in [-0.39, 0.29) is 29.8 Å². The summed E-state index contributed by atoms with van der Waals surface area (Å²) in [4.78, 5) is 46.6. The Labute approximate surface area is 165 Å². The van der Waals surface area contributed by atoms with E-state index in [0.717, 1.165) is 10.3 Å². The molecule has 0 aliphatic heterocycles. The van der Waals surface area contributed by atoms with Gasteiger partial charge in [0.15, 0.2) is 11.2 Å². The van der Waals surface area contributed by atoms with Crippen molar-refractivity contribution in [1.29, 1.82) is 0 Å². The molecule has 0 aliphatic rings. The molecule has 3 rings (SSSR count). The van der Waals surface area contributed by atoms with Crippen LogP contribution in [0.2, 0.25) is 0 Å². The lowest BCUT2D eigenvalue weighted by Crippen LogP contribution is -2.32. The van der Waals surface area contributed by atoms with Crippen LogP contribution in [0.3, 0.4) is 0 Å². The number of fused-ring (bicyclic) bond motifs is 1. The minimum absolute atomic E-state index is 0.00106. The lowest BCUT2D eigenvalue weighted by molar-refractivity contribution is 0.0507. The van der Waals surface area contributed by atoms with Crippen molar-refractivity contribution in [2.45, 2.75) is 13.5 Å². The Morgan fingerprint density at radius 1 is 1.17 bits per heavy atom. The largest absolute Gasteiger partial charge is 0.506 e. The highest BCUT2D eigenvalue weighted by Crippen LogP contribution is 2.26. The van der Waals surface area contributed by atoms with Gasteiger partial charge in [-0.05, 0) is 18.6 Å². The number of carbonyl (C=O) groups is 2. The van der Waals surface area contributed by atoms with Crippen molar-refractivity contribution in [2.75, 3.05) is 13.7 Å². The summed E-state index contributed by atoms with van der Waals surface area (Å²) in [5, 5.41) is 10.5. The van der Waals surface area contributed by atoms with E-state index in [1.807, 2.05) is 6.07 Å². The first-order valence-corrected chi connectivity index (χ1v) is 8.68. The fourth-order valence-corrected chi connectivity index (χ4v) is 2.68. The highest BCUT2D eigenvalue weighted by molar-refractivity contribution is 6.00. The fourth-order valence-electron chi connectivity index (χ4n) is 2.68. The fraction of sp³-hybridized carbons (Fsp3) is 0.200. The number of methoxy groups -OCH3 is 1. The van der Waals surface area contributed by atoms with Gasteiger partial charge in [0.05, 0.1) is 24.7 Å². The van der Waals surface area contributed by atoms with E-state index in [1.165, 1.54) is 19.4 Å². The molecule has 0 fully saturated rings. The van der Waals surface area contributed by atoms with Gasteiger partial charge in [0, 0.05) is 6.20 Å². The Bertz CT molecular complexity index is 1120. The lowest BCUT2D eigenvalue weighted by Gasteiger charge is -2.15. The molecule has 1 aromatic carbocycles. The zero-order valence-electron chi connectivity index (χ0n) is 15.7. The Hall–Kier alpha value is -3.88. The van der Waals surface area contributed by atoms with E-state index in [0.29, 0.717) is 0 Å². The summed E-state index contributed by atoms with van der Waals surface area (Å²) in [5.41, 5.74) is -0.814. The third kappa shape index (κ3) is 3.88. The molecule has 0 saturated carbocycles. The maximum atomic E-state index is 12.9. The molecule has 0 aliphatic carbocycles. The predicted octanol–water partition coefficient (Wildman–Crippen LogP) is 1.69. The van der Waals surface area contributed by atoms with Gasteiger partial charge in [0.2, 0.25) is 0 Å². The van der Waals surface area contributed by atoms with Gasteiger partial charge < -0.3 is 19.4 Å². The summed E-state index contributed by atoms with van der Waals surface area (Å²) >= 11 is 0. The van der Waals surface area contributed by atoms with Crippen molar-refractivity contribution in [3.63, 3.8) is 0 Å². The third-order valence-electron chi connectivity index (χ3n) is 4.05. The van der Waals surface area contributed by atoms with Crippen LogP contribution in [0.15, 0.2) is 47.4 Å². The minimum atomic E-state index is -1.02. The average molecular weight is 398 g/mol. The van der Waals surface area contributed by atoms with Gasteiger partial charge in [-0.3, -0.25) is 4.79 Å². The van der Waals surface area contributed by atoms with E-state index >= 15 is 0 Å². The zero-order valence-corrected chi connectivity index (χ0v) is 15.7. The molecule has 29 heavy (non-hydrogen) atoms. The maximum Gasteiger partial charge on any atom is 0.347 e. The maximum absolute atomic E-state index is 12.9. The number of aromatic nitrogens is 2. The first-order chi connectivity index (χ1) is 14.0. The van der Waals surface area contributed by atoms with Crippen molar-refractivity contribution in [3.05, 3.63) is 69.6 Å². The van der Waals surface area contributed by atoms with Gasteiger partial charge in [-0.15, -0.1) is 4.73 Å². The summed E-state index contributed by atoms with van der Waals surface area (Å²) in [7, 11) is 1.19. The molecule has 0 amide bonds. The van der Waals surface area contributed by atoms with Gasteiger partial charge in [-0.25, -0.2) is 14.6 Å². The molecule has 1 N–H and O–H groups in total. The summed E-state index contributed by atoms with van der Waals surface area (Å²) in [6.45, 7) is 1.57. The molecule has 0 atom stereocenters. The van der Waals surface area contributed by atoms with Crippen LogP contribution in [0.1, 0.15) is 33.2 Å². The van der Waals surface area contributed by atoms with E-state index in [2.05, 4.69) is 9.72 Å². The predicted molar refractivity (Wildman–Crippen MR) is 102 cm³/mol. The average Bonchev–Trinajstić information content (AvgIpc) is 2.74. The van der Waals surface area contributed by atoms with Crippen molar-refractivity contribution in [3.8, 4) is 5.75 Å². The van der Waals surface area contributed by atoms with Crippen molar-refractivity contribution < 1.29 is 29.0 Å². The number of hydrogen-bond donors (Lipinski definition) is 1. The molecule has 0 spiro atoms. The molecule has 0 unspecified atom stereocenters. The van der Waals surface area contributed by atoms with Crippen LogP contribution in [0.4, 0.5) is 0 Å². The molecule has 9 nitrogen and oxygen atoms in total. The van der Waals surface area contributed by atoms with Gasteiger partial charge in [-0.1, -0.05) is 30.3 Å². The highest BCUT2D eigenvalue weighted by Gasteiger charge is 2.26. The van der Waals surface area contributed by atoms with Crippen LogP contribution in [-0.4, -0.2) is 40.5 Å². The van der Waals surface area contributed by atoms with Crippen LogP contribution >= 0.6 is 0 Å². The van der Waals surface area contributed by atoms with Crippen LogP contribution in [0.5, 0.6) is 5.75 Å². The Morgan fingerprint density at radius 3 is 2.55 bits per heavy atom. The van der Waals surface area contributed by atoms with E-state index < -0.39 is 28.8 Å². The molecule has 0 radical (unpaired) electrons. The molecule has 2 aromatic heterocycles. The summed E-state index contributed by atoms with van der Waals surface area (Å²) in [5.74, 6) is -2.36. The van der Waals surface area contributed by atoms with E-state index in [4.69, 9.17) is 9.57 Å². The number of rotatable bonds is 6. The van der Waals surface area contributed by atoms with Crippen LogP contribution in [0.25, 0.3) is 11.0 Å². The SMILES string of the molecule is CCOC(=O)c1c(O)c2cc(C(=O)OC)cnc2n(OCc2ccccc2)c1=O. The first-order valence-electron chi connectivity index (χ1n) is 8.68. The standard InChI is InChI=1S/C20H18N2O7/c1-3-28-20(26)15-16(23)14-9-13(19(25)27-2)10-21-17(14)22(18(15)24)29-11-12-7-5-4-6-8-12/h4-10,23H,3,11H2,1-2H3. The quantitative estimate of drug-likeness (QED) is 0.624. The zero-order chi connectivity index (χ0) is 21.0. The van der Waals surface area contributed by atoms with E-state index in [9.17, 15) is 19.5 Å². The monoisotopic (exact) mass is 398 g/mol. The van der Waals surface area contributed by atoms with Crippen molar-refractivity contribution >= 4 is 23.0 Å². The Kier molecular flexibility index (Phi) is 5.77. The number of carbonyl (C=O) groups excluding carboxylic acids is 2. The molecular weight excluding hydrogens is 380 g/mol. The third-order valence-corrected chi connectivity index (χ3v) is 4.05. The second kappa shape index (κ2) is 8.42. The van der Waals surface area contributed by atoms with Gasteiger partial charge in [-0.2, -0.15) is 0 Å².